The Hall–Kier alpha value is -1.41. The van der Waals surface area contributed by atoms with E-state index >= 15 is 0 Å². The second kappa shape index (κ2) is 5.08. The third kappa shape index (κ3) is 2.80. The van der Waals surface area contributed by atoms with E-state index in [4.69, 9.17) is 0 Å². The van der Waals surface area contributed by atoms with E-state index < -0.39 is 0 Å². The number of thioether (sulfide) groups is 1. The highest BCUT2D eigenvalue weighted by atomic mass is 32.2. The third-order valence-electron chi connectivity index (χ3n) is 1.68. The summed E-state index contributed by atoms with van der Waals surface area (Å²) < 4.78 is 1.77. The lowest BCUT2D eigenvalue weighted by Gasteiger charge is -2.00. The van der Waals surface area contributed by atoms with Crippen molar-refractivity contribution in [2.75, 3.05) is 11.1 Å². The maximum atomic E-state index is 11.5. The van der Waals surface area contributed by atoms with Gasteiger partial charge in [-0.05, 0) is 0 Å². The molecule has 0 aliphatic heterocycles. The minimum Gasteiger partial charge on any atom is -0.312 e. The second-order valence-electron chi connectivity index (χ2n) is 2.90. The molecule has 2 aromatic heterocycles. The van der Waals surface area contributed by atoms with E-state index in [1.54, 1.807) is 17.1 Å². The van der Waals surface area contributed by atoms with Gasteiger partial charge in [-0.25, -0.2) is 4.98 Å². The summed E-state index contributed by atoms with van der Waals surface area (Å²) in [7, 11) is 1.83. The van der Waals surface area contributed by atoms with Gasteiger partial charge in [0.2, 0.25) is 5.91 Å². The van der Waals surface area contributed by atoms with Crippen molar-refractivity contribution in [1.29, 1.82) is 0 Å². The van der Waals surface area contributed by atoms with Crippen LogP contribution < -0.4 is 5.32 Å². The van der Waals surface area contributed by atoms with Crippen LogP contribution in [0.15, 0.2) is 23.1 Å². The fraction of sp³-hybridized carbons (Fsp3) is 0.250. The first kappa shape index (κ1) is 11.1. The molecule has 16 heavy (non-hydrogen) atoms. The number of anilines is 1. The molecule has 0 aromatic carbocycles. The summed E-state index contributed by atoms with van der Waals surface area (Å²) >= 11 is 2.73. The molecule has 0 saturated heterocycles. The van der Waals surface area contributed by atoms with Crippen LogP contribution in [-0.2, 0) is 11.8 Å². The topological polar surface area (TPSA) is 72.7 Å². The van der Waals surface area contributed by atoms with Crippen LogP contribution in [0, 0.1) is 0 Å². The monoisotopic (exact) mass is 255 g/mol. The Morgan fingerprint density at radius 2 is 2.56 bits per heavy atom. The molecule has 0 saturated carbocycles. The summed E-state index contributed by atoms with van der Waals surface area (Å²) in [5, 5.41) is 13.4. The number of carbonyl (C=O) groups is 1. The Labute approximate surface area is 100 Å². The van der Waals surface area contributed by atoms with Crippen LogP contribution in [0.4, 0.5) is 5.13 Å². The normalized spacial score (nSPS) is 10.3. The molecule has 0 aliphatic carbocycles. The summed E-state index contributed by atoms with van der Waals surface area (Å²) in [6.45, 7) is 0. The van der Waals surface area contributed by atoms with Crippen molar-refractivity contribution in [2.24, 2.45) is 7.05 Å². The van der Waals surface area contributed by atoms with E-state index in [0.717, 1.165) is 0 Å². The van der Waals surface area contributed by atoms with Gasteiger partial charge in [-0.3, -0.25) is 4.79 Å². The van der Waals surface area contributed by atoms with Gasteiger partial charge in [0.05, 0.1) is 5.75 Å². The molecular formula is C8H9N5OS2. The Kier molecular flexibility index (Phi) is 3.52. The molecule has 0 fully saturated rings. The largest absolute Gasteiger partial charge is 0.312 e. The molecule has 2 rings (SSSR count). The van der Waals surface area contributed by atoms with Gasteiger partial charge in [0.25, 0.3) is 0 Å². The average molecular weight is 255 g/mol. The summed E-state index contributed by atoms with van der Waals surface area (Å²) in [6, 6.07) is 0. The summed E-state index contributed by atoms with van der Waals surface area (Å²) in [4.78, 5) is 15.5. The third-order valence-corrected chi connectivity index (χ3v) is 3.40. The number of aryl methyl sites for hydroxylation is 1. The molecule has 2 heterocycles. The van der Waals surface area contributed by atoms with Crippen molar-refractivity contribution in [3.8, 4) is 0 Å². The van der Waals surface area contributed by atoms with Crippen molar-refractivity contribution in [3.63, 3.8) is 0 Å². The molecule has 1 amide bonds. The standard InChI is InChI=1S/C8H9N5OS2/c1-13-5-10-12-8(13)16-4-6(14)11-7-9-2-3-15-7/h2-3,5H,4H2,1H3,(H,9,11,14). The fourth-order valence-electron chi connectivity index (χ4n) is 0.974. The predicted octanol–water partition coefficient (Wildman–Crippen LogP) is 1.00. The highest BCUT2D eigenvalue weighted by molar-refractivity contribution is 7.99. The first-order valence-electron chi connectivity index (χ1n) is 4.42. The minimum absolute atomic E-state index is 0.0945. The quantitative estimate of drug-likeness (QED) is 0.825. The first-order valence-corrected chi connectivity index (χ1v) is 6.28. The van der Waals surface area contributed by atoms with Gasteiger partial charge in [-0.15, -0.1) is 21.5 Å². The number of aromatic nitrogens is 4. The van der Waals surface area contributed by atoms with Gasteiger partial charge in [-0.1, -0.05) is 11.8 Å². The van der Waals surface area contributed by atoms with Gasteiger partial charge in [0.1, 0.15) is 6.33 Å². The molecule has 2 aromatic rings. The lowest BCUT2D eigenvalue weighted by molar-refractivity contribution is -0.113. The Bertz CT molecular complexity index is 466. The molecule has 0 bridgehead atoms. The number of hydrogen-bond acceptors (Lipinski definition) is 6. The highest BCUT2D eigenvalue weighted by Gasteiger charge is 2.07. The zero-order valence-electron chi connectivity index (χ0n) is 8.45. The lowest BCUT2D eigenvalue weighted by atomic mass is 10.7. The van der Waals surface area contributed by atoms with Crippen LogP contribution in [0.3, 0.4) is 0 Å². The van der Waals surface area contributed by atoms with E-state index in [2.05, 4.69) is 20.5 Å². The van der Waals surface area contributed by atoms with Crippen molar-refractivity contribution in [2.45, 2.75) is 5.16 Å². The Morgan fingerprint density at radius 1 is 1.69 bits per heavy atom. The van der Waals surface area contributed by atoms with Gasteiger partial charge in [0.15, 0.2) is 10.3 Å². The van der Waals surface area contributed by atoms with Gasteiger partial charge in [-0.2, -0.15) is 0 Å². The molecule has 0 spiro atoms. The fourth-order valence-corrected chi connectivity index (χ4v) is 2.21. The Balaban J connectivity index is 1.82. The molecule has 0 aliphatic rings. The number of carbonyl (C=O) groups excluding carboxylic acids is 1. The van der Waals surface area contributed by atoms with Gasteiger partial charge >= 0.3 is 0 Å². The van der Waals surface area contributed by atoms with Crippen molar-refractivity contribution >= 4 is 34.1 Å². The van der Waals surface area contributed by atoms with Crippen molar-refractivity contribution in [1.82, 2.24) is 19.7 Å². The van der Waals surface area contributed by atoms with E-state index in [-0.39, 0.29) is 5.91 Å². The first-order chi connectivity index (χ1) is 7.75. The molecular weight excluding hydrogens is 246 g/mol. The van der Waals surface area contributed by atoms with Crippen LogP contribution in [0.25, 0.3) is 0 Å². The molecule has 8 heteroatoms. The maximum Gasteiger partial charge on any atom is 0.236 e. The van der Waals surface area contributed by atoms with Crippen LogP contribution in [0.5, 0.6) is 0 Å². The number of hydrogen-bond donors (Lipinski definition) is 1. The van der Waals surface area contributed by atoms with Crippen LogP contribution >= 0.6 is 23.1 Å². The summed E-state index contributed by atoms with van der Waals surface area (Å²) in [5.74, 6) is 0.203. The van der Waals surface area contributed by atoms with Gasteiger partial charge in [0, 0.05) is 18.6 Å². The Morgan fingerprint density at radius 3 is 3.19 bits per heavy atom. The molecule has 1 N–H and O–H groups in total. The van der Waals surface area contributed by atoms with Crippen LogP contribution in [0.2, 0.25) is 0 Å². The molecule has 6 nitrogen and oxygen atoms in total. The zero-order valence-corrected chi connectivity index (χ0v) is 10.1. The van der Waals surface area contributed by atoms with Crippen LogP contribution in [0.1, 0.15) is 0 Å². The van der Waals surface area contributed by atoms with E-state index in [1.165, 1.54) is 23.1 Å². The molecule has 0 unspecified atom stereocenters. The summed E-state index contributed by atoms with van der Waals surface area (Å²) in [5.41, 5.74) is 0. The van der Waals surface area contributed by atoms with Crippen LogP contribution in [-0.4, -0.2) is 31.4 Å². The SMILES string of the molecule is Cn1cnnc1SCC(=O)Nc1nccs1. The highest BCUT2D eigenvalue weighted by Crippen LogP contribution is 2.15. The molecule has 84 valence electrons. The lowest BCUT2D eigenvalue weighted by Crippen LogP contribution is -2.14. The number of nitrogens with zero attached hydrogens (tertiary/aromatic N) is 4. The molecule has 0 atom stereocenters. The minimum atomic E-state index is -0.0945. The number of thiazole rings is 1. The van der Waals surface area contributed by atoms with Crippen molar-refractivity contribution < 1.29 is 4.79 Å². The van der Waals surface area contributed by atoms with Crippen molar-refractivity contribution in [3.05, 3.63) is 17.9 Å². The molecule has 0 radical (unpaired) electrons. The predicted molar refractivity (Wildman–Crippen MR) is 62.5 cm³/mol. The second-order valence-corrected chi connectivity index (χ2v) is 4.74. The maximum absolute atomic E-state index is 11.5. The zero-order chi connectivity index (χ0) is 11.4. The summed E-state index contributed by atoms with van der Waals surface area (Å²) in [6.07, 6.45) is 3.25. The number of amides is 1. The number of nitrogens with one attached hydrogen (secondary N) is 1. The van der Waals surface area contributed by atoms with E-state index in [1.807, 2.05) is 12.4 Å². The van der Waals surface area contributed by atoms with E-state index in [9.17, 15) is 4.79 Å². The number of rotatable bonds is 4. The average Bonchev–Trinajstić information content (AvgIpc) is 2.87. The smallest absolute Gasteiger partial charge is 0.236 e. The van der Waals surface area contributed by atoms with E-state index in [0.29, 0.717) is 16.0 Å². The van der Waals surface area contributed by atoms with Gasteiger partial charge < -0.3 is 9.88 Å².